The number of carbonyl (C=O) groups excluding carboxylic acids is 2. The number of carbonyl (C=O) groups is 2. The Morgan fingerprint density at radius 3 is 2.24 bits per heavy atom. The molecule has 1 saturated heterocycles. The maximum absolute atomic E-state index is 13.2. The summed E-state index contributed by atoms with van der Waals surface area (Å²) in [7, 11) is 1.61. The van der Waals surface area contributed by atoms with Gasteiger partial charge < -0.3 is 14.5 Å². The summed E-state index contributed by atoms with van der Waals surface area (Å²) in [6.07, 6.45) is -1.63. The van der Waals surface area contributed by atoms with Crippen LogP contribution in [-0.4, -0.2) is 61.5 Å². The number of hydrogen-bond donors (Lipinski definition) is 0. The van der Waals surface area contributed by atoms with Crippen molar-refractivity contribution < 1.29 is 27.5 Å². The van der Waals surface area contributed by atoms with Gasteiger partial charge in [0.05, 0.1) is 12.2 Å². The molecule has 0 unspecified atom stereocenters. The van der Waals surface area contributed by atoms with E-state index in [4.69, 9.17) is 4.74 Å². The highest BCUT2D eigenvalue weighted by molar-refractivity contribution is 5.94. The quantitative estimate of drug-likeness (QED) is 0.529. The highest BCUT2D eigenvalue weighted by atomic mass is 19.4. The molecule has 0 radical (unpaired) electrons. The monoisotopic (exact) mass is 476 g/mol. The van der Waals surface area contributed by atoms with Crippen LogP contribution in [0.1, 0.15) is 40.7 Å². The van der Waals surface area contributed by atoms with Gasteiger partial charge in [0.25, 0.3) is 5.91 Å². The fourth-order valence-electron chi connectivity index (χ4n) is 4.22. The van der Waals surface area contributed by atoms with E-state index in [-0.39, 0.29) is 23.3 Å². The van der Waals surface area contributed by atoms with Gasteiger partial charge in [0.2, 0.25) is 5.91 Å². The summed E-state index contributed by atoms with van der Waals surface area (Å²) < 4.78 is 43.5. The molecule has 1 aliphatic rings. The molecular formula is C26H31F3N2O3. The highest BCUT2D eigenvalue weighted by Gasteiger charge is 2.32. The van der Waals surface area contributed by atoms with Crippen LogP contribution in [0.25, 0.3) is 0 Å². The maximum atomic E-state index is 13.2. The molecule has 0 atom stereocenters. The van der Waals surface area contributed by atoms with Crippen LogP contribution < -0.4 is 0 Å². The number of hydrogen-bond acceptors (Lipinski definition) is 3. The predicted octanol–water partition coefficient (Wildman–Crippen LogP) is 4.67. The molecule has 1 heterocycles. The van der Waals surface area contributed by atoms with Crippen molar-refractivity contribution in [2.45, 2.75) is 31.9 Å². The molecule has 1 aliphatic heterocycles. The molecule has 1 fully saturated rings. The van der Waals surface area contributed by atoms with Gasteiger partial charge in [-0.25, -0.2) is 0 Å². The van der Waals surface area contributed by atoms with Crippen molar-refractivity contribution in [2.24, 2.45) is 5.92 Å². The molecule has 0 aromatic heterocycles. The summed E-state index contributed by atoms with van der Waals surface area (Å²) in [5, 5.41) is 0. The Bertz CT molecular complexity index is 925. The maximum Gasteiger partial charge on any atom is 0.416 e. The zero-order valence-electron chi connectivity index (χ0n) is 19.4. The Morgan fingerprint density at radius 1 is 1.00 bits per heavy atom. The van der Waals surface area contributed by atoms with Gasteiger partial charge in [-0.1, -0.05) is 30.3 Å². The zero-order valence-corrected chi connectivity index (χ0v) is 19.4. The summed E-state index contributed by atoms with van der Waals surface area (Å²) in [5.74, 6) is -0.407. The van der Waals surface area contributed by atoms with E-state index >= 15 is 0 Å². The molecule has 3 rings (SSSR count). The largest absolute Gasteiger partial charge is 0.416 e. The lowest BCUT2D eigenvalue weighted by atomic mass is 9.94. The average molecular weight is 477 g/mol. The van der Waals surface area contributed by atoms with Gasteiger partial charge in [-0.3, -0.25) is 9.59 Å². The Morgan fingerprint density at radius 2 is 1.65 bits per heavy atom. The molecule has 184 valence electrons. The molecule has 0 bridgehead atoms. The summed E-state index contributed by atoms with van der Waals surface area (Å²) in [6, 6.07) is 14.4. The number of rotatable bonds is 9. The summed E-state index contributed by atoms with van der Waals surface area (Å²) in [4.78, 5) is 29.4. The minimum Gasteiger partial charge on any atom is -0.383 e. The molecule has 2 aromatic rings. The van der Waals surface area contributed by atoms with E-state index in [0.717, 1.165) is 25.0 Å². The van der Waals surface area contributed by atoms with Crippen molar-refractivity contribution >= 4 is 11.8 Å². The molecule has 0 spiro atoms. The van der Waals surface area contributed by atoms with Crippen molar-refractivity contribution in [3.8, 4) is 0 Å². The van der Waals surface area contributed by atoms with E-state index < -0.39 is 11.7 Å². The minimum atomic E-state index is -4.43. The number of piperidine rings is 1. The standard InChI is InChI=1S/C26H31F3N2O3/c1-34-19-18-30(15-5-8-20-6-3-2-4-7-20)25(33)22-13-16-31(17-14-22)24(32)21-9-11-23(12-10-21)26(27,28)29/h2-4,6-7,9-12,22H,5,8,13-19H2,1H3. The smallest absolute Gasteiger partial charge is 0.383 e. The number of likely N-dealkylation sites (tertiary alicyclic amines) is 1. The number of aryl methyl sites for hydroxylation is 1. The third-order valence-electron chi connectivity index (χ3n) is 6.20. The number of halogens is 3. The van der Waals surface area contributed by atoms with Crippen LogP contribution in [0.2, 0.25) is 0 Å². The molecule has 8 heteroatoms. The zero-order chi connectivity index (χ0) is 24.6. The summed E-state index contributed by atoms with van der Waals surface area (Å²) in [5.41, 5.74) is 0.675. The number of methoxy groups -OCH3 is 1. The second-order valence-corrected chi connectivity index (χ2v) is 8.55. The lowest BCUT2D eigenvalue weighted by molar-refractivity contribution is -0.138. The first-order valence-electron chi connectivity index (χ1n) is 11.6. The van der Waals surface area contributed by atoms with Gasteiger partial charge in [0, 0.05) is 44.8 Å². The highest BCUT2D eigenvalue weighted by Crippen LogP contribution is 2.29. The van der Waals surface area contributed by atoms with Gasteiger partial charge in [-0.05, 0) is 55.5 Å². The van der Waals surface area contributed by atoms with Gasteiger partial charge in [-0.15, -0.1) is 0 Å². The van der Waals surface area contributed by atoms with Crippen molar-refractivity contribution in [1.29, 1.82) is 0 Å². The number of benzene rings is 2. The van der Waals surface area contributed by atoms with Gasteiger partial charge in [-0.2, -0.15) is 13.2 Å². The van der Waals surface area contributed by atoms with Crippen LogP contribution in [0.5, 0.6) is 0 Å². The molecule has 2 aromatic carbocycles. The fourth-order valence-corrected chi connectivity index (χ4v) is 4.22. The van der Waals surface area contributed by atoms with Gasteiger partial charge >= 0.3 is 6.18 Å². The summed E-state index contributed by atoms with van der Waals surface area (Å²) >= 11 is 0. The van der Waals surface area contributed by atoms with Crippen molar-refractivity contribution in [2.75, 3.05) is 39.9 Å². The van der Waals surface area contributed by atoms with Crippen molar-refractivity contribution in [3.05, 3.63) is 71.3 Å². The number of amides is 2. The van der Waals surface area contributed by atoms with Crippen molar-refractivity contribution in [1.82, 2.24) is 9.80 Å². The topological polar surface area (TPSA) is 49.9 Å². The Labute approximate surface area is 198 Å². The first-order chi connectivity index (χ1) is 16.3. The second-order valence-electron chi connectivity index (χ2n) is 8.55. The third-order valence-corrected chi connectivity index (χ3v) is 6.20. The molecule has 2 amide bonds. The number of alkyl halides is 3. The number of nitrogens with zero attached hydrogens (tertiary/aromatic N) is 2. The average Bonchev–Trinajstić information content (AvgIpc) is 2.85. The fraction of sp³-hybridized carbons (Fsp3) is 0.462. The van der Waals surface area contributed by atoms with Crippen LogP contribution in [-0.2, 0) is 22.1 Å². The van der Waals surface area contributed by atoms with Crippen LogP contribution in [0, 0.1) is 5.92 Å². The second kappa shape index (κ2) is 12.0. The predicted molar refractivity (Wildman–Crippen MR) is 123 cm³/mol. The van der Waals surface area contributed by atoms with Crippen LogP contribution in [0.15, 0.2) is 54.6 Å². The van der Waals surface area contributed by atoms with E-state index in [1.54, 1.807) is 12.0 Å². The molecule has 5 nitrogen and oxygen atoms in total. The summed E-state index contributed by atoms with van der Waals surface area (Å²) in [6.45, 7) is 2.43. The van der Waals surface area contributed by atoms with Gasteiger partial charge in [0.1, 0.15) is 0 Å². The Hall–Kier alpha value is -2.87. The SMILES string of the molecule is COCCN(CCCc1ccccc1)C(=O)C1CCN(C(=O)c2ccc(C(F)(F)F)cc2)CC1. The first kappa shape index (κ1) is 25.7. The lowest BCUT2D eigenvalue weighted by Gasteiger charge is -2.34. The van der Waals surface area contributed by atoms with Crippen molar-refractivity contribution in [3.63, 3.8) is 0 Å². The Balaban J connectivity index is 1.52. The minimum absolute atomic E-state index is 0.0757. The van der Waals surface area contributed by atoms with Crippen LogP contribution in [0.4, 0.5) is 13.2 Å². The van der Waals surface area contributed by atoms with E-state index in [2.05, 4.69) is 12.1 Å². The number of ether oxygens (including phenoxy) is 1. The molecular weight excluding hydrogens is 445 g/mol. The van der Waals surface area contributed by atoms with E-state index in [9.17, 15) is 22.8 Å². The molecule has 0 saturated carbocycles. The molecule has 34 heavy (non-hydrogen) atoms. The first-order valence-corrected chi connectivity index (χ1v) is 11.6. The molecule has 0 aliphatic carbocycles. The van der Waals surface area contributed by atoms with E-state index in [0.29, 0.717) is 45.6 Å². The van der Waals surface area contributed by atoms with Crippen LogP contribution >= 0.6 is 0 Å². The van der Waals surface area contributed by atoms with E-state index in [1.165, 1.54) is 17.7 Å². The third kappa shape index (κ3) is 7.06. The lowest BCUT2D eigenvalue weighted by Crippen LogP contribution is -2.45. The molecule has 0 N–H and O–H groups in total. The van der Waals surface area contributed by atoms with E-state index in [1.807, 2.05) is 23.1 Å². The van der Waals surface area contributed by atoms with Crippen LogP contribution in [0.3, 0.4) is 0 Å². The Kier molecular flexibility index (Phi) is 9.10. The normalized spacial score (nSPS) is 14.8. The van der Waals surface area contributed by atoms with Gasteiger partial charge in [0.15, 0.2) is 0 Å².